The molecule has 1 amide bonds. The fraction of sp³-hybridized carbons (Fsp3) is 0.435. The highest BCUT2D eigenvalue weighted by atomic mass is 16.5. The van der Waals surface area contributed by atoms with Gasteiger partial charge in [0.1, 0.15) is 5.75 Å². The SMILES string of the molecule is CC(C)c1ccc(OCC(=O)N[C@@H](C)c2ccc3c(c2)CCCC3)cc1. The van der Waals surface area contributed by atoms with E-state index in [4.69, 9.17) is 4.74 Å². The third-order valence-electron chi connectivity index (χ3n) is 5.17. The van der Waals surface area contributed by atoms with E-state index >= 15 is 0 Å². The van der Waals surface area contributed by atoms with E-state index in [-0.39, 0.29) is 18.6 Å². The molecule has 3 heteroatoms. The maximum atomic E-state index is 12.2. The van der Waals surface area contributed by atoms with Crippen molar-refractivity contribution in [3.8, 4) is 5.75 Å². The first kappa shape index (κ1) is 18.5. The Morgan fingerprint density at radius 2 is 1.62 bits per heavy atom. The molecule has 0 bridgehead atoms. The summed E-state index contributed by atoms with van der Waals surface area (Å²) in [5.74, 6) is 1.12. The number of fused-ring (bicyclic) bond motifs is 1. The van der Waals surface area contributed by atoms with Crippen LogP contribution in [0.4, 0.5) is 0 Å². The van der Waals surface area contributed by atoms with Crippen molar-refractivity contribution in [2.75, 3.05) is 6.61 Å². The maximum absolute atomic E-state index is 12.2. The molecule has 0 saturated carbocycles. The molecular formula is C23H29NO2. The van der Waals surface area contributed by atoms with Gasteiger partial charge in [0.15, 0.2) is 6.61 Å². The summed E-state index contributed by atoms with van der Waals surface area (Å²) in [7, 11) is 0. The van der Waals surface area contributed by atoms with Crippen LogP contribution in [0.5, 0.6) is 5.75 Å². The van der Waals surface area contributed by atoms with Gasteiger partial charge in [-0.05, 0) is 72.9 Å². The van der Waals surface area contributed by atoms with Crippen LogP contribution in [0.3, 0.4) is 0 Å². The van der Waals surface area contributed by atoms with Crippen molar-refractivity contribution in [3.63, 3.8) is 0 Å². The molecule has 2 aromatic carbocycles. The van der Waals surface area contributed by atoms with Gasteiger partial charge in [-0.15, -0.1) is 0 Å². The fourth-order valence-corrected chi connectivity index (χ4v) is 3.49. The molecule has 0 fully saturated rings. The van der Waals surface area contributed by atoms with Crippen molar-refractivity contribution in [3.05, 3.63) is 64.7 Å². The Morgan fingerprint density at radius 3 is 2.31 bits per heavy atom. The molecule has 0 aliphatic heterocycles. The minimum absolute atomic E-state index is 0.0124. The zero-order valence-corrected chi connectivity index (χ0v) is 16.0. The highest BCUT2D eigenvalue weighted by molar-refractivity contribution is 5.78. The summed E-state index contributed by atoms with van der Waals surface area (Å²) in [6, 6.07) is 14.6. The van der Waals surface area contributed by atoms with E-state index < -0.39 is 0 Å². The van der Waals surface area contributed by atoms with Crippen molar-refractivity contribution in [1.82, 2.24) is 5.32 Å². The van der Waals surface area contributed by atoms with E-state index in [0.717, 1.165) is 12.2 Å². The van der Waals surface area contributed by atoms with Gasteiger partial charge in [-0.25, -0.2) is 0 Å². The molecule has 138 valence electrons. The first-order valence-corrected chi connectivity index (χ1v) is 9.67. The predicted octanol–water partition coefficient (Wildman–Crippen LogP) is 4.95. The summed E-state index contributed by atoms with van der Waals surface area (Å²) in [5.41, 5.74) is 5.34. The molecule has 0 aromatic heterocycles. The Kier molecular flexibility index (Phi) is 5.97. The van der Waals surface area contributed by atoms with Crippen molar-refractivity contribution in [2.45, 2.75) is 58.4 Å². The van der Waals surface area contributed by atoms with Gasteiger partial charge in [0, 0.05) is 0 Å². The van der Waals surface area contributed by atoms with Crippen LogP contribution in [0, 0.1) is 0 Å². The van der Waals surface area contributed by atoms with Crippen LogP contribution in [0.25, 0.3) is 0 Å². The van der Waals surface area contributed by atoms with Crippen molar-refractivity contribution in [1.29, 1.82) is 0 Å². The highest BCUT2D eigenvalue weighted by Gasteiger charge is 2.14. The zero-order chi connectivity index (χ0) is 18.5. The molecule has 0 heterocycles. The lowest BCUT2D eigenvalue weighted by Gasteiger charge is -2.20. The molecule has 0 saturated heterocycles. The summed E-state index contributed by atoms with van der Waals surface area (Å²) in [6.45, 7) is 6.38. The van der Waals surface area contributed by atoms with Gasteiger partial charge in [-0.1, -0.05) is 44.2 Å². The summed E-state index contributed by atoms with van der Waals surface area (Å²) in [4.78, 5) is 12.2. The highest BCUT2D eigenvalue weighted by Crippen LogP contribution is 2.25. The normalized spacial score (nSPS) is 14.6. The van der Waals surface area contributed by atoms with Crippen LogP contribution in [-0.4, -0.2) is 12.5 Å². The second-order valence-electron chi connectivity index (χ2n) is 7.54. The van der Waals surface area contributed by atoms with Crippen LogP contribution < -0.4 is 10.1 Å². The lowest BCUT2D eigenvalue weighted by atomic mass is 9.89. The average molecular weight is 351 g/mol. The first-order valence-electron chi connectivity index (χ1n) is 9.67. The van der Waals surface area contributed by atoms with Gasteiger partial charge in [0.25, 0.3) is 5.91 Å². The number of rotatable bonds is 6. The third-order valence-corrected chi connectivity index (χ3v) is 5.17. The van der Waals surface area contributed by atoms with E-state index in [1.165, 1.54) is 41.5 Å². The Labute approximate surface area is 156 Å². The Bertz CT molecular complexity index is 749. The zero-order valence-electron chi connectivity index (χ0n) is 16.0. The number of benzene rings is 2. The monoisotopic (exact) mass is 351 g/mol. The summed E-state index contributed by atoms with van der Waals surface area (Å²) in [6.07, 6.45) is 4.88. The van der Waals surface area contributed by atoms with Crippen LogP contribution in [0.1, 0.15) is 67.8 Å². The van der Waals surface area contributed by atoms with E-state index in [1.54, 1.807) is 0 Å². The van der Waals surface area contributed by atoms with Gasteiger partial charge in [0.05, 0.1) is 6.04 Å². The molecule has 3 nitrogen and oxygen atoms in total. The minimum Gasteiger partial charge on any atom is -0.484 e. The summed E-state index contributed by atoms with van der Waals surface area (Å²) in [5, 5.41) is 3.04. The smallest absolute Gasteiger partial charge is 0.258 e. The van der Waals surface area contributed by atoms with Gasteiger partial charge in [-0.2, -0.15) is 0 Å². The first-order chi connectivity index (χ1) is 12.5. The number of ether oxygens (including phenoxy) is 1. The predicted molar refractivity (Wildman–Crippen MR) is 106 cm³/mol. The maximum Gasteiger partial charge on any atom is 0.258 e. The fourth-order valence-electron chi connectivity index (χ4n) is 3.49. The standard InChI is InChI=1S/C23H29NO2/c1-16(2)18-10-12-22(13-11-18)26-15-23(25)24-17(3)20-9-8-19-6-4-5-7-21(19)14-20/h8-14,16-17H,4-7,15H2,1-3H3,(H,24,25)/t17-/m0/s1. The molecule has 0 radical (unpaired) electrons. The van der Waals surface area contributed by atoms with Gasteiger partial charge < -0.3 is 10.1 Å². The number of nitrogens with one attached hydrogen (secondary N) is 1. The molecule has 1 aliphatic rings. The number of carbonyl (C=O) groups excluding carboxylic acids is 1. The van der Waals surface area contributed by atoms with Gasteiger partial charge in [0.2, 0.25) is 0 Å². The van der Waals surface area contributed by atoms with E-state index in [2.05, 4.69) is 37.4 Å². The summed E-state index contributed by atoms with van der Waals surface area (Å²) < 4.78 is 5.62. The van der Waals surface area contributed by atoms with Gasteiger partial charge in [-0.3, -0.25) is 4.79 Å². The molecule has 3 rings (SSSR count). The van der Waals surface area contributed by atoms with Crippen molar-refractivity contribution < 1.29 is 9.53 Å². The van der Waals surface area contributed by atoms with Gasteiger partial charge >= 0.3 is 0 Å². The number of carbonyl (C=O) groups is 1. The number of hydrogen-bond donors (Lipinski definition) is 1. The Hall–Kier alpha value is -2.29. The second kappa shape index (κ2) is 8.39. The number of hydrogen-bond acceptors (Lipinski definition) is 2. The molecule has 0 unspecified atom stereocenters. The molecule has 1 N–H and O–H groups in total. The quantitative estimate of drug-likeness (QED) is 0.800. The van der Waals surface area contributed by atoms with E-state index in [0.29, 0.717) is 5.92 Å². The number of amides is 1. The van der Waals surface area contributed by atoms with E-state index in [1.807, 2.05) is 31.2 Å². The lowest BCUT2D eigenvalue weighted by Crippen LogP contribution is -2.31. The van der Waals surface area contributed by atoms with Crippen molar-refractivity contribution in [2.24, 2.45) is 0 Å². The topological polar surface area (TPSA) is 38.3 Å². The molecule has 2 aromatic rings. The van der Waals surface area contributed by atoms with Crippen LogP contribution in [0.2, 0.25) is 0 Å². The largest absolute Gasteiger partial charge is 0.484 e. The van der Waals surface area contributed by atoms with Crippen LogP contribution >= 0.6 is 0 Å². The molecule has 0 spiro atoms. The minimum atomic E-state index is -0.0943. The third kappa shape index (κ3) is 4.66. The molecule has 26 heavy (non-hydrogen) atoms. The van der Waals surface area contributed by atoms with Crippen LogP contribution in [0.15, 0.2) is 42.5 Å². The number of aryl methyl sites for hydroxylation is 2. The molecule has 1 atom stereocenters. The molecule has 1 aliphatic carbocycles. The van der Waals surface area contributed by atoms with E-state index in [9.17, 15) is 4.79 Å². The van der Waals surface area contributed by atoms with Crippen molar-refractivity contribution >= 4 is 5.91 Å². The van der Waals surface area contributed by atoms with Crippen LogP contribution in [-0.2, 0) is 17.6 Å². The Balaban J connectivity index is 1.52. The second-order valence-corrected chi connectivity index (χ2v) is 7.54. The molecular weight excluding hydrogens is 322 g/mol. The lowest BCUT2D eigenvalue weighted by molar-refractivity contribution is -0.123. The summed E-state index contributed by atoms with van der Waals surface area (Å²) >= 11 is 0. The average Bonchev–Trinajstić information content (AvgIpc) is 2.66. The Morgan fingerprint density at radius 1 is 0.962 bits per heavy atom.